The van der Waals surface area contributed by atoms with Crippen molar-refractivity contribution in [3.05, 3.63) is 72.0 Å². The summed E-state index contributed by atoms with van der Waals surface area (Å²) in [5.41, 5.74) is 9.19. The van der Waals surface area contributed by atoms with Crippen LogP contribution in [0.5, 0.6) is 11.5 Å². The highest BCUT2D eigenvalue weighted by atomic mass is 16.5. The predicted octanol–water partition coefficient (Wildman–Crippen LogP) is 3.85. The molecule has 2 aromatic carbocycles. The number of furan rings is 1. The van der Waals surface area contributed by atoms with Crippen LogP contribution in [0, 0.1) is 0 Å². The van der Waals surface area contributed by atoms with Gasteiger partial charge in [0.2, 0.25) is 5.88 Å². The Morgan fingerprint density at radius 3 is 2.50 bits per heavy atom. The molecule has 0 saturated heterocycles. The number of amidine groups is 1. The lowest BCUT2D eigenvalue weighted by atomic mass is 10.1. The number of fused-ring (bicyclic) bond motifs is 1. The molecular formula is C20H19N3O3. The molecule has 0 radical (unpaired) electrons. The van der Waals surface area contributed by atoms with Crippen molar-refractivity contribution < 1.29 is 13.9 Å². The molecule has 0 fully saturated rings. The molecule has 1 unspecified atom stereocenters. The third kappa shape index (κ3) is 2.70. The zero-order valence-electron chi connectivity index (χ0n) is 14.5. The van der Waals surface area contributed by atoms with Crippen LogP contribution in [0.25, 0.3) is 0 Å². The molecule has 1 aliphatic heterocycles. The SMILES string of the molecule is COc1ccc(N2C(c3cccc(OC)c3)=Nc3occc3C2N)cc1. The topological polar surface area (TPSA) is 73.2 Å². The van der Waals surface area contributed by atoms with E-state index in [0.29, 0.717) is 11.7 Å². The minimum Gasteiger partial charge on any atom is -0.497 e. The maximum atomic E-state index is 6.56. The summed E-state index contributed by atoms with van der Waals surface area (Å²) >= 11 is 0. The summed E-state index contributed by atoms with van der Waals surface area (Å²) in [6, 6.07) is 17.3. The van der Waals surface area contributed by atoms with E-state index in [2.05, 4.69) is 0 Å². The minimum atomic E-state index is -0.421. The minimum absolute atomic E-state index is 0.421. The van der Waals surface area contributed by atoms with Crippen LogP contribution in [0.2, 0.25) is 0 Å². The number of rotatable bonds is 4. The summed E-state index contributed by atoms with van der Waals surface area (Å²) in [6.45, 7) is 0. The molecule has 6 heteroatoms. The standard InChI is InChI=1S/C20H19N3O3/c1-24-15-8-6-14(7-9-15)23-18(21)17-10-11-26-20(17)22-19(23)13-4-3-5-16(12-13)25-2/h3-12,18H,21H2,1-2H3. The van der Waals surface area contributed by atoms with Gasteiger partial charge in [0.1, 0.15) is 23.5 Å². The van der Waals surface area contributed by atoms with Crippen LogP contribution in [0.15, 0.2) is 70.3 Å². The first kappa shape index (κ1) is 16.2. The first-order chi connectivity index (χ1) is 12.7. The normalized spacial score (nSPS) is 16.0. The number of methoxy groups -OCH3 is 2. The molecule has 6 nitrogen and oxygen atoms in total. The number of nitrogens with two attached hydrogens (primary N) is 1. The molecule has 0 bridgehead atoms. The molecule has 2 N–H and O–H groups in total. The molecule has 0 saturated carbocycles. The van der Waals surface area contributed by atoms with Crippen LogP contribution in [0.4, 0.5) is 11.6 Å². The molecule has 0 spiro atoms. The van der Waals surface area contributed by atoms with Gasteiger partial charge < -0.3 is 24.5 Å². The fourth-order valence-corrected chi connectivity index (χ4v) is 3.04. The van der Waals surface area contributed by atoms with E-state index >= 15 is 0 Å². The van der Waals surface area contributed by atoms with E-state index in [0.717, 1.165) is 28.3 Å². The average Bonchev–Trinajstić information content (AvgIpc) is 3.17. The summed E-state index contributed by atoms with van der Waals surface area (Å²) in [4.78, 5) is 6.69. The van der Waals surface area contributed by atoms with Gasteiger partial charge in [-0.2, -0.15) is 4.99 Å². The Bertz CT molecular complexity index is 947. The molecular weight excluding hydrogens is 330 g/mol. The van der Waals surface area contributed by atoms with Crippen molar-refractivity contribution in [3.8, 4) is 11.5 Å². The monoisotopic (exact) mass is 349 g/mol. The predicted molar refractivity (Wildman–Crippen MR) is 100 cm³/mol. The number of hydrogen-bond donors (Lipinski definition) is 1. The van der Waals surface area contributed by atoms with Crippen molar-refractivity contribution in [2.24, 2.45) is 10.7 Å². The van der Waals surface area contributed by atoms with E-state index in [-0.39, 0.29) is 0 Å². The molecule has 4 rings (SSSR count). The van der Waals surface area contributed by atoms with Crippen molar-refractivity contribution in [1.29, 1.82) is 0 Å². The Morgan fingerprint density at radius 1 is 1.00 bits per heavy atom. The zero-order chi connectivity index (χ0) is 18.1. The third-order valence-corrected chi connectivity index (χ3v) is 4.39. The fourth-order valence-electron chi connectivity index (χ4n) is 3.04. The highest BCUT2D eigenvalue weighted by Crippen LogP contribution is 2.38. The molecule has 2 heterocycles. The Kier molecular flexibility index (Phi) is 4.10. The van der Waals surface area contributed by atoms with E-state index in [4.69, 9.17) is 24.6 Å². The van der Waals surface area contributed by atoms with Crippen LogP contribution < -0.4 is 20.1 Å². The lowest BCUT2D eigenvalue weighted by molar-refractivity contribution is 0.414. The van der Waals surface area contributed by atoms with E-state index in [9.17, 15) is 0 Å². The molecule has 1 aliphatic rings. The van der Waals surface area contributed by atoms with Crippen molar-refractivity contribution in [2.45, 2.75) is 6.17 Å². The zero-order valence-corrected chi connectivity index (χ0v) is 14.5. The van der Waals surface area contributed by atoms with E-state index in [1.165, 1.54) is 0 Å². The molecule has 0 aliphatic carbocycles. The summed E-state index contributed by atoms with van der Waals surface area (Å²) in [5.74, 6) is 2.76. The number of nitrogens with zero attached hydrogens (tertiary/aromatic N) is 2. The molecule has 132 valence electrons. The largest absolute Gasteiger partial charge is 0.497 e. The number of ether oxygens (including phenoxy) is 2. The Morgan fingerprint density at radius 2 is 1.77 bits per heavy atom. The van der Waals surface area contributed by atoms with Gasteiger partial charge in [-0.25, -0.2) is 0 Å². The van der Waals surface area contributed by atoms with Crippen LogP contribution in [-0.4, -0.2) is 20.1 Å². The first-order valence-corrected chi connectivity index (χ1v) is 8.20. The molecule has 1 aromatic heterocycles. The van der Waals surface area contributed by atoms with Crippen molar-refractivity contribution in [2.75, 3.05) is 19.1 Å². The van der Waals surface area contributed by atoms with Crippen LogP contribution in [-0.2, 0) is 0 Å². The van der Waals surface area contributed by atoms with Gasteiger partial charge in [0.15, 0.2) is 0 Å². The smallest absolute Gasteiger partial charge is 0.227 e. The highest BCUT2D eigenvalue weighted by molar-refractivity contribution is 6.12. The molecule has 1 atom stereocenters. The first-order valence-electron chi connectivity index (χ1n) is 8.20. The summed E-state index contributed by atoms with van der Waals surface area (Å²) < 4.78 is 16.1. The van der Waals surface area contributed by atoms with Gasteiger partial charge in [-0.05, 0) is 42.5 Å². The van der Waals surface area contributed by atoms with Crippen molar-refractivity contribution in [1.82, 2.24) is 0 Å². The van der Waals surface area contributed by atoms with Gasteiger partial charge in [-0.3, -0.25) is 0 Å². The lowest BCUT2D eigenvalue weighted by Crippen LogP contribution is -2.41. The number of anilines is 1. The summed E-state index contributed by atoms with van der Waals surface area (Å²) in [7, 11) is 3.28. The second-order valence-corrected chi connectivity index (χ2v) is 5.86. The van der Waals surface area contributed by atoms with Crippen LogP contribution in [0.1, 0.15) is 17.3 Å². The van der Waals surface area contributed by atoms with Gasteiger partial charge in [0, 0.05) is 11.3 Å². The summed E-state index contributed by atoms with van der Waals surface area (Å²) in [5, 5.41) is 0. The van der Waals surface area contributed by atoms with Gasteiger partial charge >= 0.3 is 0 Å². The van der Waals surface area contributed by atoms with E-state index < -0.39 is 6.17 Å². The van der Waals surface area contributed by atoms with Gasteiger partial charge in [-0.1, -0.05) is 12.1 Å². The maximum absolute atomic E-state index is 6.56. The van der Waals surface area contributed by atoms with Gasteiger partial charge in [0.25, 0.3) is 0 Å². The fraction of sp³-hybridized carbons (Fsp3) is 0.150. The number of aliphatic imine (C=N–C) groups is 1. The van der Waals surface area contributed by atoms with Crippen LogP contribution in [0.3, 0.4) is 0 Å². The highest BCUT2D eigenvalue weighted by Gasteiger charge is 2.31. The summed E-state index contributed by atoms with van der Waals surface area (Å²) in [6.07, 6.45) is 1.19. The van der Waals surface area contributed by atoms with E-state index in [1.54, 1.807) is 20.5 Å². The van der Waals surface area contributed by atoms with Gasteiger partial charge in [-0.15, -0.1) is 0 Å². The molecule has 26 heavy (non-hydrogen) atoms. The molecule has 0 amide bonds. The average molecular weight is 349 g/mol. The number of benzene rings is 2. The maximum Gasteiger partial charge on any atom is 0.227 e. The second kappa shape index (κ2) is 6.57. The Hall–Kier alpha value is -3.25. The Balaban J connectivity index is 1.85. The van der Waals surface area contributed by atoms with Crippen LogP contribution >= 0.6 is 0 Å². The number of hydrogen-bond acceptors (Lipinski definition) is 6. The quantitative estimate of drug-likeness (QED) is 0.774. The van der Waals surface area contributed by atoms with Crippen molar-refractivity contribution in [3.63, 3.8) is 0 Å². The Labute approximate surface area is 151 Å². The molecule has 3 aromatic rings. The second-order valence-electron chi connectivity index (χ2n) is 5.86. The van der Waals surface area contributed by atoms with E-state index in [1.807, 2.05) is 59.5 Å². The third-order valence-electron chi connectivity index (χ3n) is 4.39. The lowest BCUT2D eigenvalue weighted by Gasteiger charge is -2.34. The van der Waals surface area contributed by atoms with Crippen molar-refractivity contribution >= 4 is 17.4 Å². The van der Waals surface area contributed by atoms with Gasteiger partial charge in [0.05, 0.1) is 26.0 Å².